The van der Waals surface area contributed by atoms with Crippen molar-refractivity contribution in [2.45, 2.75) is 24.7 Å². The van der Waals surface area contributed by atoms with Crippen molar-refractivity contribution in [1.82, 2.24) is 4.98 Å². The minimum absolute atomic E-state index is 0.436. The van der Waals surface area contributed by atoms with Crippen LogP contribution in [-0.4, -0.2) is 29.7 Å². The van der Waals surface area contributed by atoms with E-state index in [1.165, 1.54) is 11.1 Å². The Morgan fingerprint density at radius 2 is 1.13 bits per heavy atom. The van der Waals surface area contributed by atoms with Crippen LogP contribution in [0.2, 0.25) is 0 Å². The zero-order valence-electron chi connectivity index (χ0n) is 17.5. The fraction of sp³-hybridized carbons (Fsp3) is 0.320. The van der Waals surface area contributed by atoms with Crippen LogP contribution in [0, 0.1) is 0 Å². The van der Waals surface area contributed by atoms with Gasteiger partial charge >= 0.3 is 0 Å². The SMILES string of the molecule is c1cc2nc(c1)COc1ccccc1CSCCOCCSCc1ccccc1OC2. The van der Waals surface area contributed by atoms with Gasteiger partial charge in [-0.25, -0.2) is 0 Å². The maximum atomic E-state index is 6.11. The molecule has 1 aliphatic rings. The van der Waals surface area contributed by atoms with Crippen LogP contribution in [0.25, 0.3) is 0 Å². The van der Waals surface area contributed by atoms with Crippen LogP contribution < -0.4 is 9.47 Å². The summed E-state index contributed by atoms with van der Waals surface area (Å²) < 4.78 is 18.0. The van der Waals surface area contributed by atoms with Crippen LogP contribution in [0.15, 0.2) is 66.7 Å². The molecule has 4 rings (SSSR count). The standard InChI is InChI=1S/C25H27NO3S2/c1-3-10-24-20(6-1)18-30-14-12-27-13-15-31-19-21-7-2-4-11-25(21)29-17-23-9-5-8-22(26-23)16-28-24/h1-11H,12-19H2. The Balaban J connectivity index is 1.49. The number of ether oxygens (including phenoxy) is 3. The Morgan fingerprint density at radius 3 is 1.68 bits per heavy atom. The van der Waals surface area contributed by atoms with Crippen molar-refractivity contribution in [2.75, 3.05) is 24.7 Å². The topological polar surface area (TPSA) is 40.6 Å². The molecule has 0 fully saturated rings. The van der Waals surface area contributed by atoms with E-state index >= 15 is 0 Å². The summed E-state index contributed by atoms with van der Waals surface area (Å²) in [6, 6.07) is 22.5. The van der Waals surface area contributed by atoms with Crippen molar-refractivity contribution < 1.29 is 14.2 Å². The largest absolute Gasteiger partial charge is 0.487 e. The zero-order valence-corrected chi connectivity index (χ0v) is 19.1. The highest BCUT2D eigenvalue weighted by Gasteiger charge is 2.08. The molecule has 0 unspecified atom stereocenters. The van der Waals surface area contributed by atoms with Crippen molar-refractivity contribution in [3.8, 4) is 11.5 Å². The van der Waals surface area contributed by atoms with E-state index in [9.17, 15) is 0 Å². The van der Waals surface area contributed by atoms with Crippen LogP contribution in [0.3, 0.4) is 0 Å². The second kappa shape index (κ2) is 12.0. The summed E-state index contributed by atoms with van der Waals surface area (Å²) in [4.78, 5) is 4.73. The predicted molar refractivity (Wildman–Crippen MR) is 129 cm³/mol. The second-order valence-electron chi connectivity index (χ2n) is 7.13. The summed E-state index contributed by atoms with van der Waals surface area (Å²) in [5.41, 5.74) is 4.20. The van der Waals surface area contributed by atoms with Gasteiger partial charge in [0.1, 0.15) is 24.7 Å². The van der Waals surface area contributed by atoms with Crippen LogP contribution in [0.5, 0.6) is 11.5 Å². The minimum Gasteiger partial charge on any atom is -0.487 e. The summed E-state index contributed by atoms with van der Waals surface area (Å²) in [5, 5.41) is 0. The molecule has 0 saturated heterocycles. The third kappa shape index (κ3) is 6.92. The number of benzene rings is 2. The molecule has 4 nitrogen and oxygen atoms in total. The molecule has 0 radical (unpaired) electrons. The van der Waals surface area contributed by atoms with Gasteiger partial charge in [0, 0.05) is 34.1 Å². The number of rotatable bonds is 0. The summed E-state index contributed by atoms with van der Waals surface area (Å²) in [6.07, 6.45) is 0. The molecule has 162 valence electrons. The van der Waals surface area contributed by atoms with Crippen LogP contribution in [0.4, 0.5) is 0 Å². The Kier molecular flexibility index (Phi) is 8.56. The number of thioether (sulfide) groups is 2. The van der Waals surface area contributed by atoms with Crippen LogP contribution in [0.1, 0.15) is 22.5 Å². The fourth-order valence-electron chi connectivity index (χ4n) is 3.22. The number of hydrogen-bond donors (Lipinski definition) is 0. The van der Waals surface area contributed by atoms with E-state index in [0.717, 1.165) is 59.1 Å². The molecule has 0 spiro atoms. The first-order valence-electron chi connectivity index (χ1n) is 10.5. The van der Waals surface area contributed by atoms with E-state index in [-0.39, 0.29) is 0 Å². The third-order valence-corrected chi connectivity index (χ3v) is 6.76. The van der Waals surface area contributed by atoms with Crippen molar-refractivity contribution in [3.63, 3.8) is 0 Å². The van der Waals surface area contributed by atoms with Crippen molar-refractivity contribution in [3.05, 3.63) is 89.2 Å². The molecule has 2 heterocycles. The van der Waals surface area contributed by atoms with Gasteiger partial charge in [-0.2, -0.15) is 23.5 Å². The highest BCUT2D eigenvalue weighted by atomic mass is 32.2. The van der Waals surface area contributed by atoms with E-state index in [4.69, 9.17) is 19.2 Å². The maximum Gasteiger partial charge on any atom is 0.130 e. The lowest BCUT2D eigenvalue weighted by Crippen LogP contribution is -2.06. The smallest absolute Gasteiger partial charge is 0.130 e. The number of hydrogen-bond acceptors (Lipinski definition) is 6. The fourth-order valence-corrected chi connectivity index (χ4v) is 4.90. The number of nitrogens with zero attached hydrogens (tertiary/aromatic N) is 1. The molecule has 0 amide bonds. The molecular formula is C25H27NO3S2. The normalized spacial score (nSPS) is 16.1. The quantitative estimate of drug-likeness (QED) is 0.433. The van der Waals surface area contributed by atoms with Gasteiger partial charge in [-0.15, -0.1) is 0 Å². The Labute approximate surface area is 192 Å². The first-order valence-corrected chi connectivity index (χ1v) is 12.8. The highest BCUT2D eigenvalue weighted by molar-refractivity contribution is 7.98. The lowest BCUT2D eigenvalue weighted by Gasteiger charge is -2.13. The lowest BCUT2D eigenvalue weighted by atomic mass is 10.2. The van der Waals surface area contributed by atoms with E-state index < -0.39 is 0 Å². The number of para-hydroxylation sites is 2. The number of aromatic nitrogens is 1. The molecular weight excluding hydrogens is 426 g/mol. The van der Waals surface area contributed by atoms with E-state index in [2.05, 4.69) is 24.3 Å². The second-order valence-corrected chi connectivity index (χ2v) is 9.34. The average molecular weight is 454 g/mol. The van der Waals surface area contributed by atoms with Crippen molar-refractivity contribution in [1.29, 1.82) is 0 Å². The molecule has 0 saturated carbocycles. The summed E-state index contributed by atoms with van der Waals surface area (Å²) in [5.74, 6) is 5.59. The van der Waals surface area contributed by atoms with Gasteiger partial charge in [0.25, 0.3) is 0 Å². The van der Waals surface area contributed by atoms with Gasteiger partial charge in [0.05, 0.1) is 24.6 Å². The molecule has 3 aromatic rings. The third-order valence-electron chi connectivity index (χ3n) is 4.82. The summed E-state index contributed by atoms with van der Waals surface area (Å²) in [7, 11) is 0. The van der Waals surface area contributed by atoms with Gasteiger partial charge in [-0.1, -0.05) is 42.5 Å². The summed E-state index contributed by atoms with van der Waals surface area (Å²) in [6.45, 7) is 2.41. The monoisotopic (exact) mass is 453 g/mol. The van der Waals surface area contributed by atoms with E-state index in [0.29, 0.717) is 13.2 Å². The molecule has 2 bridgehead atoms. The summed E-state index contributed by atoms with van der Waals surface area (Å²) >= 11 is 3.74. The Bertz CT molecular complexity index is 894. The van der Waals surface area contributed by atoms with Gasteiger partial charge < -0.3 is 14.2 Å². The van der Waals surface area contributed by atoms with Crippen LogP contribution in [-0.2, 0) is 29.5 Å². The van der Waals surface area contributed by atoms with Gasteiger partial charge in [0.2, 0.25) is 0 Å². The molecule has 2 aromatic carbocycles. The van der Waals surface area contributed by atoms with Gasteiger partial charge in [-0.05, 0) is 24.3 Å². The van der Waals surface area contributed by atoms with Crippen LogP contribution >= 0.6 is 23.5 Å². The number of fused-ring (bicyclic) bond motifs is 4. The minimum atomic E-state index is 0.436. The Hall–Kier alpha value is -2.15. The number of pyridine rings is 1. The molecule has 6 heteroatoms. The van der Waals surface area contributed by atoms with E-state index in [1.807, 2.05) is 66.0 Å². The first kappa shape index (κ1) is 22.1. The molecule has 31 heavy (non-hydrogen) atoms. The molecule has 1 aliphatic heterocycles. The predicted octanol–water partition coefficient (Wildman–Crippen LogP) is 5.74. The Morgan fingerprint density at radius 1 is 0.613 bits per heavy atom. The molecule has 1 aromatic heterocycles. The average Bonchev–Trinajstić information content (AvgIpc) is 2.81. The molecule has 0 atom stereocenters. The van der Waals surface area contributed by atoms with Crippen molar-refractivity contribution >= 4 is 23.5 Å². The van der Waals surface area contributed by atoms with Gasteiger partial charge in [-0.3, -0.25) is 4.98 Å². The first-order chi connectivity index (χ1) is 15.4. The molecule has 0 N–H and O–H groups in total. The zero-order chi connectivity index (χ0) is 21.1. The van der Waals surface area contributed by atoms with Crippen molar-refractivity contribution in [2.24, 2.45) is 0 Å². The van der Waals surface area contributed by atoms with E-state index in [1.54, 1.807) is 0 Å². The highest BCUT2D eigenvalue weighted by Crippen LogP contribution is 2.25. The lowest BCUT2D eigenvalue weighted by molar-refractivity contribution is 0.167. The maximum absolute atomic E-state index is 6.11. The van der Waals surface area contributed by atoms with Gasteiger partial charge in [0.15, 0.2) is 0 Å². The molecule has 0 aliphatic carbocycles.